The van der Waals surface area contributed by atoms with Gasteiger partial charge in [-0.15, -0.1) is 10.2 Å². The van der Waals surface area contributed by atoms with E-state index < -0.39 is 0 Å². The van der Waals surface area contributed by atoms with Crippen LogP contribution in [0, 0.1) is 0 Å². The van der Waals surface area contributed by atoms with E-state index in [0.29, 0.717) is 5.15 Å². The van der Waals surface area contributed by atoms with Gasteiger partial charge in [-0.3, -0.25) is 4.98 Å². The lowest BCUT2D eigenvalue weighted by atomic mass is 10.0. The zero-order valence-electron chi connectivity index (χ0n) is 11.0. The molecule has 0 atom stereocenters. The monoisotopic (exact) mass is 291 g/mol. The number of benzene rings is 2. The molecule has 4 aromatic rings. The van der Waals surface area contributed by atoms with Crippen LogP contribution in [-0.4, -0.2) is 15.2 Å². The van der Waals surface area contributed by atoms with Crippen LogP contribution in [0.4, 0.5) is 0 Å². The van der Waals surface area contributed by atoms with E-state index in [1.54, 1.807) is 6.20 Å². The van der Waals surface area contributed by atoms with Crippen molar-refractivity contribution in [3.8, 4) is 11.3 Å². The minimum atomic E-state index is 0.428. The summed E-state index contributed by atoms with van der Waals surface area (Å²) in [5.41, 5.74) is 2.81. The Bertz CT molecular complexity index is 966. The van der Waals surface area contributed by atoms with Crippen LogP contribution < -0.4 is 0 Å². The van der Waals surface area contributed by atoms with Crippen molar-refractivity contribution in [2.24, 2.45) is 0 Å². The zero-order chi connectivity index (χ0) is 14.2. The van der Waals surface area contributed by atoms with Crippen molar-refractivity contribution >= 4 is 33.3 Å². The van der Waals surface area contributed by atoms with Crippen LogP contribution in [0.3, 0.4) is 0 Å². The summed E-state index contributed by atoms with van der Waals surface area (Å²) in [6.45, 7) is 0. The molecule has 0 amide bonds. The normalized spacial score (nSPS) is 11.1. The molecule has 0 aliphatic carbocycles. The first kappa shape index (κ1) is 12.2. The van der Waals surface area contributed by atoms with E-state index >= 15 is 0 Å². The molecule has 0 spiro atoms. The van der Waals surface area contributed by atoms with Crippen LogP contribution in [0.2, 0.25) is 5.15 Å². The van der Waals surface area contributed by atoms with Gasteiger partial charge in [-0.25, -0.2) is 0 Å². The van der Waals surface area contributed by atoms with Crippen LogP contribution in [-0.2, 0) is 0 Å². The van der Waals surface area contributed by atoms with E-state index in [-0.39, 0.29) is 0 Å². The van der Waals surface area contributed by atoms with Crippen molar-refractivity contribution in [3.05, 3.63) is 65.9 Å². The molecule has 0 saturated carbocycles. The van der Waals surface area contributed by atoms with Gasteiger partial charge in [-0.1, -0.05) is 48.0 Å². The topological polar surface area (TPSA) is 38.7 Å². The molecule has 0 aliphatic rings. The third-order valence-corrected chi connectivity index (χ3v) is 3.80. The van der Waals surface area contributed by atoms with Crippen molar-refractivity contribution in [2.75, 3.05) is 0 Å². The first-order valence-electron chi connectivity index (χ1n) is 6.59. The molecule has 21 heavy (non-hydrogen) atoms. The number of hydrogen-bond acceptors (Lipinski definition) is 3. The molecule has 0 bridgehead atoms. The van der Waals surface area contributed by atoms with Crippen LogP contribution >= 0.6 is 11.6 Å². The number of pyridine rings is 1. The Kier molecular flexibility index (Phi) is 2.79. The summed E-state index contributed by atoms with van der Waals surface area (Å²) in [5.74, 6) is 0. The maximum absolute atomic E-state index is 6.13. The maximum Gasteiger partial charge on any atom is 0.159 e. The average Bonchev–Trinajstić information content (AvgIpc) is 2.55. The van der Waals surface area contributed by atoms with Crippen molar-refractivity contribution in [1.82, 2.24) is 15.2 Å². The van der Waals surface area contributed by atoms with Gasteiger partial charge in [0.2, 0.25) is 0 Å². The molecular weight excluding hydrogens is 282 g/mol. The van der Waals surface area contributed by atoms with E-state index in [4.69, 9.17) is 11.6 Å². The fraction of sp³-hybridized carbons (Fsp3) is 0. The van der Waals surface area contributed by atoms with Gasteiger partial charge in [-0.05, 0) is 18.2 Å². The molecule has 0 fully saturated rings. The van der Waals surface area contributed by atoms with E-state index in [1.165, 1.54) is 0 Å². The number of nitrogens with zero attached hydrogens (tertiary/aromatic N) is 3. The fourth-order valence-corrected chi connectivity index (χ4v) is 2.71. The minimum absolute atomic E-state index is 0.428. The Morgan fingerprint density at radius 1 is 0.810 bits per heavy atom. The Morgan fingerprint density at radius 3 is 2.57 bits per heavy atom. The highest BCUT2D eigenvalue weighted by Gasteiger charge is 2.10. The first-order valence-corrected chi connectivity index (χ1v) is 6.97. The van der Waals surface area contributed by atoms with Gasteiger partial charge in [0.05, 0.1) is 5.52 Å². The molecule has 0 aliphatic heterocycles. The van der Waals surface area contributed by atoms with Gasteiger partial charge in [0.25, 0.3) is 0 Å². The summed E-state index contributed by atoms with van der Waals surface area (Å²) in [4.78, 5) is 4.34. The summed E-state index contributed by atoms with van der Waals surface area (Å²) >= 11 is 6.13. The van der Waals surface area contributed by atoms with Crippen molar-refractivity contribution in [1.29, 1.82) is 0 Å². The molecule has 3 nitrogen and oxygen atoms in total. The molecule has 2 heterocycles. The molecule has 0 N–H and O–H groups in total. The van der Waals surface area contributed by atoms with Gasteiger partial charge in [0.1, 0.15) is 5.69 Å². The van der Waals surface area contributed by atoms with Crippen LogP contribution in [0.5, 0.6) is 0 Å². The lowest BCUT2D eigenvalue weighted by Gasteiger charge is -2.07. The van der Waals surface area contributed by atoms with Crippen LogP contribution in [0.25, 0.3) is 32.9 Å². The Morgan fingerprint density at radius 2 is 1.67 bits per heavy atom. The quantitative estimate of drug-likeness (QED) is 0.518. The summed E-state index contributed by atoms with van der Waals surface area (Å²) in [6, 6.07) is 17.9. The lowest BCUT2D eigenvalue weighted by molar-refractivity contribution is 1.06. The van der Waals surface area contributed by atoms with Gasteiger partial charge in [0, 0.05) is 27.9 Å². The first-order chi connectivity index (χ1) is 10.3. The third-order valence-electron chi connectivity index (χ3n) is 3.52. The van der Waals surface area contributed by atoms with Gasteiger partial charge in [-0.2, -0.15) is 0 Å². The molecule has 100 valence electrons. The number of rotatable bonds is 1. The Balaban J connectivity index is 2.02. The van der Waals surface area contributed by atoms with Gasteiger partial charge >= 0.3 is 0 Å². The second-order valence-electron chi connectivity index (χ2n) is 4.80. The highest BCUT2D eigenvalue weighted by atomic mass is 35.5. The van der Waals surface area contributed by atoms with Crippen LogP contribution in [0.15, 0.2) is 60.8 Å². The maximum atomic E-state index is 6.13. The molecule has 4 heteroatoms. The smallest absolute Gasteiger partial charge is 0.159 e. The highest BCUT2D eigenvalue weighted by Crippen LogP contribution is 2.30. The van der Waals surface area contributed by atoms with Crippen molar-refractivity contribution in [3.63, 3.8) is 0 Å². The Labute approximate surface area is 126 Å². The van der Waals surface area contributed by atoms with E-state index in [2.05, 4.69) is 21.2 Å². The SMILES string of the molecule is Clc1nnc(-c2ccc3ncccc3c2)c2ccccc12. The average molecular weight is 292 g/mol. The predicted molar refractivity (Wildman–Crippen MR) is 85.3 cm³/mol. The van der Waals surface area contributed by atoms with Gasteiger partial charge < -0.3 is 0 Å². The molecule has 0 unspecified atom stereocenters. The minimum Gasteiger partial charge on any atom is -0.256 e. The van der Waals surface area contributed by atoms with E-state index in [0.717, 1.165) is 32.9 Å². The zero-order valence-corrected chi connectivity index (χ0v) is 11.7. The molecule has 2 aromatic heterocycles. The molecule has 0 saturated heterocycles. The third kappa shape index (κ3) is 2.03. The lowest BCUT2D eigenvalue weighted by Crippen LogP contribution is -1.91. The Hall–Kier alpha value is -2.52. The number of fused-ring (bicyclic) bond motifs is 2. The van der Waals surface area contributed by atoms with Crippen molar-refractivity contribution in [2.45, 2.75) is 0 Å². The van der Waals surface area contributed by atoms with E-state index in [9.17, 15) is 0 Å². The number of hydrogen-bond donors (Lipinski definition) is 0. The highest BCUT2D eigenvalue weighted by molar-refractivity contribution is 6.34. The summed E-state index contributed by atoms with van der Waals surface area (Å²) in [5, 5.41) is 11.8. The predicted octanol–water partition coefficient (Wildman–Crippen LogP) is 4.50. The second kappa shape index (κ2) is 4.79. The van der Waals surface area contributed by atoms with E-state index in [1.807, 2.05) is 48.5 Å². The molecule has 2 aromatic carbocycles. The molecular formula is C17H10ClN3. The largest absolute Gasteiger partial charge is 0.256 e. The second-order valence-corrected chi connectivity index (χ2v) is 5.15. The fourth-order valence-electron chi connectivity index (χ4n) is 2.51. The molecule has 4 rings (SSSR count). The number of aromatic nitrogens is 3. The summed E-state index contributed by atoms with van der Waals surface area (Å²) in [7, 11) is 0. The number of halogens is 1. The van der Waals surface area contributed by atoms with Gasteiger partial charge in [0.15, 0.2) is 5.15 Å². The van der Waals surface area contributed by atoms with Crippen molar-refractivity contribution < 1.29 is 0 Å². The molecule has 0 radical (unpaired) electrons. The summed E-state index contributed by atoms with van der Waals surface area (Å²) in [6.07, 6.45) is 1.79. The van der Waals surface area contributed by atoms with Crippen LogP contribution in [0.1, 0.15) is 0 Å². The standard InChI is InChI=1S/C17H10ClN3/c18-17-14-6-2-1-5-13(14)16(20-21-17)12-7-8-15-11(10-12)4-3-9-19-15/h1-10H. The summed E-state index contributed by atoms with van der Waals surface area (Å²) < 4.78 is 0.